The zero-order chi connectivity index (χ0) is 18.0. The predicted octanol–water partition coefficient (Wildman–Crippen LogP) is 6.46. The molecule has 3 aromatic carbocycles. The van der Waals surface area contributed by atoms with Crippen molar-refractivity contribution in [3.63, 3.8) is 0 Å². The zero-order valence-electron chi connectivity index (χ0n) is 12.8. The number of halogens is 5. The molecule has 0 nitrogen and oxygen atoms in total. The fourth-order valence-corrected chi connectivity index (χ4v) is 4.66. The molecular formula is C19H13F5S. The Hall–Kier alpha value is -2.34. The number of thiol groups is 1. The number of rotatable bonds is 3. The fourth-order valence-electron chi connectivity index (χ4n) is 2.43. The molecule has 0 fully saturated rings. The van der Waals surface area contributed by atoms with Crippen LogP contribution in [0.1, 0.15) is 5.56 Å². The van der Waals surface area contributed by atoms with Gasteiger partial charge in [0.15, 0.2) is 0 Å². The van der Waals surface area contributed by atoms with Crippen molar-refractivity contribution in [2.45, 2.75) is 20.9 Å². The summed E-state index contributed by atoms with van der Waals surface area (Å²) < 4.78 is 64.8. The van der Waals surface area contributed by atoms with E-state index in [0.717, 1.165) is 21.9 Å². The highest BCUT2D eigenvalue weighted by Gasteiger charge is 2.30. The van der Waals surface area contributed by atoms with Crippen LogP contribution >= 0.6 is 10.9 Å². The van der Waals surface area contributed by atoms with Gasteiger partial charge in [0.2, 0.25) is 0 Å². The monoisotopic (exact) mass is 368 g/mol. The molecule has 25 heavy (non-hydrogen) atoms. The summed E-state index contributed by atoms with van der Waals surface area (Å²) in [7, 11) is -1.22. The second-order valence-electron chi connectivity index (χ2n) is 5.33. The van der Waals surface area contributed by atoms with E-state index in [-0.39, 0.29) is 0 Å². The van der Waals surface area contributed by atoms with Crippen molar-refractivity contribution < 1.29 is 22.0 Å². The average Bonchev–Trinajstić information content (AvgIpc) is 2.58. The summed E-state index contributed by atoms with van der Waals surface area (Å²) in [5, 5.41) is 0. The molecule has 0 bridgehead atoms. The first-order valence-corrected chi connectivity index (χ1v) is 8.67. The van der Waals surface area contributed by atoms with Gasteiger partial charge in [-0.25, -0.2) is 8.78 Å². The highest BCUT2D eigenvalue weighted by molar-refractivity contribution is 8.17. The smallest absolute Gasteiger partial charge is 0.207 e. The third kappa shape index (κ3) is 4.02. The summed E-state index contributed by atoms with van der Waals surface area (Å²) in [6.45, 7) is 0. The van der Waals surface area contributed by atoms with Crippen molar-refractivity contribution in [2.75, 3.05) is 0 Å². The molecule has 0 saturated heterocycles. The summed E-state index contributed by atoms with van der Waals surface area (Å²) in [4.78, 5) is 2.20. The number of alkyl halides is 3. The first-order valence-electron chi connectivity index (χ1n) is 7.33. The van der Waals surface area contributed by atoms with Crippen LogP contribution in [0.5, 0.6) is 0 Å². The molecule has 0 saturated carbocycles. The van der Waals surface area contributed by atoms with Crippen molar-refractivity contribution in [1.82, 2.24) is 0 Å². The molecule has 0 atom stereocenters. The summed E-state index contributed by atoms with van der Waals surface area (Å²) in [6.07, 6.45) is -4.41. The Labute approximate surface area is 144 Å². The van der Waals surface area contributed by atoms with Gasteiger partial charge in [-0.1, -0.05) is 0 Å². The molecule has 0 unspecified atom stereocenters. The van der Waals surface area contributed by atoms with Gasteiger partial charge in [-0.15, -0.1) is 0 Å². The molecule has 0 heterocycles. The van der Waals surface area contributed by atoms with E-state index in [2.05, 4.69) is 0 Å². The molecule has 3 aromatic rings. The number of hydrogen-bond donors (Lipinski definition) is 1. The minimum absolute atomic E-state index is 0.398. The van der Waals surface area contributed by atoms with Crippen molar-refractivity contribution in [3.05, 3.63) is 90.0 Å². The van der Waals surface area contributed by atoms with Crippen molar-refractivity contribution in [3.8, 4) is 0 Å². The Balaban J connectivity index is 2.07. The lowest BCUT2D eigenvalue weighted by molar-refractivity contribution is -0.137. The van der Waals surface area contributed by atoms with E-state index in [1.54, 1.807) is 24.3 Å². The lowest BCUT2D eigenvalue weighted by atomic mass is 10.2. The lowest BCUT2D eigenvalue weighted by Gasteiger charge is -2.23. The summed E-state index contributed by atoms with van der Waals surface area (Å²) in [6, 6.07) is 16.5. The van der Waals surface area contributed by atoms with Crippen molar-refractivity contribution in [2.24, 2.45) is 0 Å². The third-order valence-corrected chi connectivity index (χ3v) is 6.07. The minimum Gasteiger partial charge on any atom is -0.207 e. The second-order valence-corrected chi connectivity index (χ2v) is 7.55. The highest BCUT2D eigenvalue weighted by Crippen LogP contribution is 2.51. The normalized spacial score (nSPS) is 12.1. The van der Waals surface area contributed by atoms with Crippen LogP contribution in [0.3, 0.4) is 0 Å². The third-order valence-electron chi connectivity index (χ3n) is 3.62. The molecule has 0 amide bonds. The van der Waals surface area contributed by atoms with Gasteiger partial charge in [0.05, 0.1) is 5.56 Å². The summed E-state index contributed by atoms with van der Waals surface area (Å²) in [5.74, 6) is -0.796. The maximum absolute atomic E-state index is 13.2. The van der Waals surface area contributed by atoms with E-state index >= 15 is 0 Å². The van der Waals surface area contributed by atoms with Crippen molar-refractivity contribution in [1.29, 1.82) is 0 Å². The number of benzene rings is 3. The molecule has 0 aliphatic carbocycles. The van der Waals surface area contributed by atoms with Crippen LogP contribution in [0, 0.1) is 11.6 Å². The lowest BCUT2D eigenvalue weighted by Crippen LogP contribution is -2.04. The van der Waals surface area contributed by atoms with E-state index in [4.69, 9.17) is 0 Å². The molecule has 0 N–H and O–H groups in total. The standard InChI is InChI=1S/C19H13F5S/c20-14-3-9-17(10-4-14)25(18-11-5-15(21)6-12-18)16-7-1-13(2-8-16)19(22,23)24/h1-12,25H. The van der Waals surface area contributed by atoms with Gasteiger partial charge in [-0.05, 0) is 87.5 Å². The molecule has 130 valence electrons. The average molecular weight is 368 g/mol. The maximum Gasteiger partial charge on any atom is 0.416 e. The van der Waals surface area contributed by atoms with Crippen LogP contribution in [0.4, 0.5) is 22.0 Å². The largest absolute Gasteiger partial charge is 0.416 e. The van der Waals surface area contributed by atoms with Gasteiger partial charge in [-0.2, -0.15) is 24.1 Å². The Bertz CT molecular complexity index is 791. The summed E-state index contributed by atoms with van der Waals surface area (Å²) in [5.41, 5.74) is -0.732. The van der Waals surface area contributed by atoms with Gasteiger partial charge in [0, 0.05) is 0 Å². The highest BCUT2D eigenvalue weighted by atomic mass is 32.2. The van der Waals surface area contributed by atoms with E-state index in [9.17, 15) is 22.0 Å². The second kappa shape index (κ2) is 6.88. The Morgan fingerprint density at radius 2 is 0.840 bits per heavy atom. The Morgan fingerprint density at radius 3 is 1.16 bits per heavy atom. The van der Waals surface area contributed by atoms with E-state index in [0.29, 0.717) is 4.90 Å². The van der Waals surface area contributed by atoms with Crippen LogP contribution in [0.25, 0.3) is 0 Å². The van der Waals surface area contributed by atoms with Gasteiger partial charge in [0.1, 0.15) is 11.6 Å². The quantitative estimate of drug-likeness (QED) is 0.398. The molecule has 0 aliphatic heterocycles. The fraction of sp³-hybridized carbons (Fsp3) is 0.0526. The van der Waals surface area contributed by atoms with Gasteiger partial charge in [0.25, 0.3) is 0 Å². The maximum atomic E-state index is 13.2. The molecule has 0 aromatic heterocycles. The molecule has 3 rings (SSSR count). The minimum atomic E-state index is -4.41. The van der Waals surface area contributed by atoms with Crippen LogP contribution in [0.15, 0.2) is 87.5 Å². The van der Waals surface area contributed by atoms with E-state index in [1.807, 2.05) is 0 Å². The van der Waals surface area contributed by atoms with Crippen LogP contribution in [-0.4, -0.2) is 0 Å². The van der Waals surface area contributed by atoms with Crippen molar-refractivity contribution >= 4 is 10.9 Å². The molecule has 0 spiro atoms. The van der Waals surface area contributed by atoms with E-state index < -0.39 is 34.3 Å². The molecule has 0 aliphatic rings. The SMILES string of the molecule is Fc1ccc([SH](c2ccc(F)cc2)c2ccc(C(F)(F)F)cc2)cc1. The van der Waals surface area contributed by atoms with Crippen LogP contribution in [-0.2, 0) is 6.18 Å². The molecule has 0 radical (unpaired) electrons. The Morgan fingerprint density at radius 1 is 0.520 bits per heavy atom. The van der Waals surface area contributed by atoms with Gasteiger partial charge < -0.3 is 0 Å². The number of hydrogen-bond acceptors (Lipinski definition) is 0. The molecule has 6 heteroatoms. The van der Waals surface area contributed by atoms with Gasteiger partial charge >= 0.3 is 6.18 Å². The predicted molar refractivity (Wildman–Crippen MR) is 88.0 cm³/mol. The first kappa shape index (κ1) is 17.5. The van der Waals surface area contributed by atoms with E-state index in [1.165, 1.54) is 36.4 Å². The first-order chi connectivity index (χ1) is 11.8. The van der Waals surface area contributed by atoms with Gasteiger partial charge in [-0.3, -0.25) is 0 Å². The van der Waals surface area contributed by atoms with Crippen LogP contribution in [0.2, 0.25) is 0 Å². The van der Waals surface area contributed by atoms with Crippen LogP contribution < -0.4 is 0 Å². The topological polar surface area (TPSA) is 0 Å². The summed E-state index contributed by atoms with van der Waals surface area (Å²) >= 11 is 0. The molecular weight excluding hydrogens is 355 g/mol. The Kier molecular flexibility index (Phi) is 4.81. The zero-order valence-corrected chi connectivity index (χ0v) is 13.7.